The Kier molecular flexibility index (Phi) is 3.66. The molecule has 2 fully saturated rings. The molecule has 130 valence electrons. The van der Waals surface area contributed by atoms with Crippen molar-refractivity contribution in [1.29, 1.82) is 0 Å². The highest BCUT2D eigenvalue weighted by atomic mass is 16.5. The highest BCUT2D eigenvalue weighted by Gasteiger charge is 2.64. The van der Waals surface area contributed by atoms with Gasteiger partial charge in [-0.15, -0.1) is 6.58 Å². The highest BCUT2D eigenvalue weighted by molar-refractivity contribution is 5.58. The van der Waals surface area contributed by atoms with Crippen molar-refractivity contribution in [2.24, 2.45) is 0 Å². The molecular weight excluding hydrogens is 302 g/mol. The maximum absolute atomic E-state index is 11.9. The van der Waals surface area contributed by atoms with Gasteiger partial charge in [-0.1, -0.05) is 25.0 Å². The highest BCUT2D eigenvalue weighted by Crippen LogP contribution is 2.61. The van der Waals surface area contributed by atoms with E-state index in [0.29, 0.717) is 5.75 Å². The fourth-order valence-corrected chi connectivity index (χ4v) is 5.77. The number of fused-ring (bicyclic) bond motifs is 1. The van der Waals surface area contributed by atoms with Crippen molar-refractivity contribution in [1.82, 2.24) is 4.90 Å². The quantitative estimate of drug-likeness (QED) is 0.837. The minimum Gasteiger partial charge on any atom is -0.504 e. The van der Waals surface area contributed by atoms with Crippen LogP contribution in [0.25, 0.3) is 0 Å². The van der Waals surface area contributed by atoms with Crippen LogP contribution in [0.4, 0.5) is 0 Å². The molecule has 1 aromatic rings. The predicted molar refractivity (Wildman–Crippen MR) is 93.6 cm³/mol. The summed E-state index contributed by atoms with van der Waals surface area (Å²) in [7, 11) is 1.62. The molecule has 4 heteroatoms. The van der Waals surface area contributed by atoms with Crippen molar-refractivity contribution < 1.29 is 14.9 Å². The minimum absolute atomic E-state index is 0.117. The lowest BCUT2D eigenvalue weighted by Gasteiger charge is -2.63. The summed E-state index contributed by atoms with van der Waals surface area (Å²) in [4.78, 5) is 2.39. The van der Waals surface area contributed by atoms with Crippen LogP contribution in [0.5, 0.6) is 11.5 Å². The maximum Gasteiger partial charge on any atom is 0.164 e. The smallest absolute Gasteiger partial charge is 0.164 e. The second-order valence-electron chi connectivity index (χ2n) is 7.62. The Labute approximate surface area is 143 Å². The summed E-state index contributed by atoms with van der Waals surface area (Å²) in [6.07, 6.45) is 7.62. The molecule has 0 spiro atoms. The van der Waals surface area contributed by atoms with Gasteiger partial charge in [-0.3, -0.25) is 4.90 Å². The summed E-state index contributed by atoms with van der Waals surface area (Å²) in [5.74, 6) is 0.758. The lowest BCUT2D eigenvalue weighted by molar-refractivity contribution is -0.164. The number of likely N-dealkylation sites (tertiary alicyclic amines) is 1. The zero-order valence-electron chi connectivity index (χ0n) is 14.4. The number of nitrogens with zero attached hydrogens (tertiary/aromatic N) is 1. The van der Waals surface area contributed by atoms with Crippen LogP contribution in [0.15, 0.2) is 24.8 Å². The molecule has 3 atom stereocenters. The van der Waals surface area contributed by atoms with Gasteiger partial charge in [0.25, 0.3) is 0 Å². The van der Waals surface area contributed by atoms with Gasteiger partial charge in [-0.05, 0) is 43.9 Å². The Balaban J connectivity index is 1.95. The number of aromatic hydroxyl groups is 1. The first-order valence-corrected chi connectivity index (χ1v) is 9.04. The molecule has 0 amide bonds. The number of benzene rings is 1. The van der Waals surface area contributed by atoms with Crippen LogP contribution in [-0.4, -0.2) is 47.0 Å². The standard InChI is InChI=1S/C20H27NO3/c1-3-11-21-12-10-19-8-4-5-9-20(19,23)16(21)13-14-6-7-15(22)18(24-2)17(14)19/h3,6-7,16,22-23H,1,4-5,8-13H2,2H3/t16-,19+,20-/m1/s1. The lowest BCUT2D eigenvalue weighted by atomic mass is 9.49. The predicted octanol–water partition coefficient (Wildman–Crippen LogP) is 2.76. The Morgan fingerprint density at radius 1 is 1.33 bits per heavy atom. The molecule has 1 saturated heterocycles. The second kappa shape index (κ2) is 5.50. The van der Waals surface area contributed by atoms with Gasteiger partial charge < -0.3 is 14.9 Å². The van der Waals surface area contributed by atoms with Crippen molar-refractivity contribution in [2.75, 3.05) is 20.2 Å². The summed E-state index contributed by atoms with van der Waals surface area (Å²) in [6.45, 7) is 5.66. The number of methoxy groups -OCH3 is 1. The number of rotatable bonds is 3. The van der Waals surface area contributed by atoms with Crippen LogP contribution >= 0.6 is 0 Å². The molecule has 1 aromatic carbocycles. The Morgan fingerprint density at radius 3 is 2.88 bits per heavy atom. The van der Waals surface area contributed by atoms with Gasteiger partial charge in [0.05, 0.1) is 12.7 Å². The zero-order chi connectivity index (χ0) is 16.9. The molecule has 2 bridgehead atoms. The van der Waals surface area contributed by atoms with E-state index in [1.54, 1.807) is 13.2 Å². The number of piperidine rings is 1. The van der Waals surface area contributed by atoms with Gasteiger partial charge in [0, 0.05) is 23.6 Å². The third-order valence-electron chi connectivity index (χ3n) is 6.74. The first-order chi connectivity index (χ1) is 11.6. The van der Waals surface area contributed by atoms with Gasteiger partial charge in [-0.2, -0.15) is 0 Å². The van der Waals surface area contributed by atoms with Crippen molar-refractivity contribution in [2.45, 2.75) is 55.6 Å². The van der Waals surface area contributed by atoms with Crippen LogP contribution in [0.3, 0.4) is 0 Å². The SMILES string of the molecule is C=CCN1CC[C@]23CCCC[C@@]2(O)[C@H]1Cc1ccc(O)c(OC)c13. The molecule has 24 heavy (non-hydrogen) atoms. The van der Waals surface area contributed by atoms with Crippen LogP contribution in [0, 0.1) is 0 Å². The monoisotopic (exact) mass is 329 g/mol. The molecule has 1 saturated carbocycles. The molecule has 4 rings (SSSR count). The van der Waals surface area contributed by atoms with E-state index in [4.69, 9.17) is 4.74 Å². The van der Waals surface area contributed by atoms with Gasteiger partial charge in [0.1, 0.15) is 0 Å². The third-order valence-corrected chi connectivity index (χ3v) is 6.74. The molecular formula is C20H27NO3. The Hall–Kier alpha value is -1.52. The van der Waals surface area contributed by atoms with E-state index in [0.717, 1.165) is 57.2 Å². The van der Waals surface area contributed by atoms with Gasteiger partial charge >= 0.3 is 0 Å². The van der Waals surface area contributed by atoms with Crippen LogP contribution in [0.1, 0.15) is 43.2 Å². The fourth-order valence-electron chi connectivity index (χ4n) is 5.77. The van der Waals surface area contributed by atoms with E-state index in [1.165, 1.54) is 5.56 Å². The molecule has 4 nitrogen and oxygen atoms in total. The average Bonchev–Trinajstić information content (AvgIpc) is 2.57. The summed E-state index contributed by atoms with van der Waals surface area (Å²) in [6, 6.07) is 3.87. The summed E-state index contributed by atoms with van der Waals surface area (Å²) >= 11 is 0. The number of aliphatic hydroxyl groups is 1. The van der Waals surface area contributed by atoms with Crippen molar-refractivity contribution in [3.05, 3.63) is 35.9 Å². The Bertz CT molecular complexity index is 673. The van der Waals surface area contributed by atoms with E-state index in [1.807, 2.05) is 12.1 Å². The van der Waals surface area contributed by atoms with Crippen LogP contribution in [0.2, 0.25) is 0 Å². The van der Waals surface area contributed by atoms with E-state index in [-0.39, 0.29) is 17.2 Å². The summed E-state index contributed by atoms with van der Waals surface area (Å²) < 4.78 is 5.61. The number of hydrogen-bond acceptors (Lipinski definition) is 4. The third kappa shape index (κ3) is 1.87. The van der Waals surface area contributed by atoms with Crippen LogP contribution in [-0.2, 0) is 11.8 Å². The normalized spacial score (nSPS) is 35.0. The fraction of sp³-hybridized carbons (Fsp3) is 0.600. The molecule has 1 aliphatic heterocycles. The lowest BCUT2D eigenvalue weighted by Crippen LogP contribution is -2.72. The number of phenols is 1. The molecule has 2 N–H and O–H groups in total. The minimum atomic E-state index is -0.749. The number of ether oxygens (including phenoxy) is 1. The maximum atomic E-state index is 11.9. The summed E-state index contributed by atoms with van der Waals surface area (Å²) in [5, 5.41) is 22.2. The van der Waals surface area contributed by atoms with E-state index in [9.17, 15) is 10.2 Å². The van der Waals surface area contributed by atoms with Crippen molar-refractivity contribution >= 4 is 0 Å². The topological polar surface area (TPSA) is 52.9 Å². The van der Waals surface area contributed by atoms with Crippen molar-refractivity contribution in [3.8, 4) is 11.5 Å². The van der Waals surface area contributed by atoms with E-state index < -0.39 is 5.60 Å². The van der Waals surface area contributed by atoms with E-state index in [2.05, 4.69) is 11.5 Å². The van der Waals surface area contributed by atoms with Crippen LogP contribution < -0.4 is 4.74 Å². The van der Waals surface area contributed by atoms with E-state index >= 15 is 0 Å². The molecule has 3 aliphatic rings. The molecule has 0 unspecified atom stereocenters. The molecule has 2 aliphatic carbocycles. The first kappa shape index (κ1) is 16.0. The van der Waals surface area contributed by atoms with Gasteiger partial charge in [0.2, 0.25) is 0 Å². The van der Waals surface area contributed by atoms with Gasteiger partial charge in [-0.25, -0.2) is 0 Å². The molecule has 0 aromatic heterocycles. The number of phenolic OH excluding ortho intramolecular Hbond substituents is 1. The Morgan fingerprint density at radius 2 is 2.12 bits per heavy atom. The second-order valence-corrected chi connectivity index (χ2v) is 7.62. The largest absolute Gasteiger partial charge is 0.504 e. The first-order valence-electron chi connectivity index (χ1n) is 9.04. The summed E-state index contributed by atoms with van der Waals surface area (Å²) in [5.41, 5.74) is 1.24. The van der Waals surface area contributed by atoms with Crippen molar-refractivity contribution in [3.63, 3.8) is 0 Å². The molecule has 1 heterocycles. The number of hydrogen-bond donors (Lipinski definition) is 2. The zero-order valence-corrected chi connectivity index (χ0v) is 14.4. The average molecular weight is 329 g/mol. The molecule has 0 radical (unpaired) electrons. The van der Waals surface area contributed by atoms with Gasteiger partial charge in [0.15, 0.2) is 11.5 Å².